The third-order valence-corrected chi connectivity index (χ3v) is 4.33. The number of aromatic nitrogens is 1. The molecule has 0 saturated heterocycles. The molecule has 0 fully saturated rings. The van der Waals surface area contributed by atoms with Gasteiger partial charge in [0.15, 0.2) is 0 Å². The Morgan fingerprint density at radius 1 is 1.31 bits per heavy atom. The lowest BCUT2D eigenvalue weighted by molar-refractivity contribution is -0.112. The van der Waals surface area contributed by atoms with Gasteiger partial charge >= 0.3 is 6.09 Å². The Hall–Kier alpha value is -2.56. The van der Waals surface area contributed by atoms with Gasteiger partial charge in [-0.25, -0.2) is 4.79 Å². The van der Waals surface area contributed by atoms with Crippen molar-refractivity contribution in [1.29, 1.82) is 0 Å². The fourth-order valence-electron chi connectivity index (χ4n) is 3.23. The number of carbonyl (C=O) groups excluding carboxylic acids is 2. The van der Waals surface area contributed by atoms with Crippen LogP contribution < -0.4 is 4.74 Å². The number of rotatable bonds is 5. The van der Waals surface area contributed by atoms with E-state index < -0.39 is 17.1 Å². The Morgan fingerprint density at radius 2 is 1.96 bits per heavy atom. The van der Waals surface area contributed by atoms with E-state index in [0.29, 0.717) is 17.7 Å². The molecule has 0 aliphatic rings. The Morgan fingerprint density at radius 3 is 2.46 bits per heavy atom. The topological polar surface area (TPSA) is 57.5 Å². The molecule has 1 atom stereocenters. The van der Waals surface area contributed by atoms with E-state index in [-0.39, 0.29) is 0 Å². The normalized spacial score (nSPS) is 13.9. The number of nitrogens with zero attached hydrogens (tertiary/aromatic N) is 1. The molecule has 0 aliphatic heterocycles. The van der Waals surface area contributed by atoms with E-state index in [0.717, 1.165) is 22.8 Å². The van der Waals surface area contributed by atoms with E-state index in [9.17, 15) is 9.59 Å². The summed E-state index contributed by atoms with van der Waals surface area (Å²) in [5, 5.41) is 0.796. The Balaban J connectivity index is 2.78. The van der Waals surface area contributed by atoms with Crippen molar-refractivity contribution in [1.82, 2.24) is 4.57 Å². The molecule has 1 unspecified atom stereocenters. The number of carbonyl (C=O) groups is 2. The highest BCUT2D eigenvalue weighted by Gasteiger charge is 2.32. The molecule has 26 heavy (non-hydrogen) atoms. The van der Waals surface area contributed by atoms with Crippen LogP contribution in [0.3, 0.4) is 0 Å². The van der Waals surface area contributed by atoms with E-state index in [4.69, 9.17) is 9.47 Å². The van der Waals surface area contributed by atoms with Gasteiger partial charge in [0.05, 0.1) is 18.0 Å². The van der Waals surface area contributed by atoms with Crippen molar-refractivity contribution in [3.05, 3.63) is 42.1 Å². The average molecular weight is 357 g/mol. The van der Waals surface area contributed by atoms with E-state index in [1.165, 1.54) is 4.57 Å². The number of hydrogen-bond donors (Lipinski definition) is 0. The second-order valence-electron chi connectivity index (χ2n) is 7.73. The number of methoxy groups -OCH3 is 1. The van der Waals surface area contributed by atoms with Crippen LogP contribution in [0.15, 0.2) is 31.0 Å². The van der Waals surface area contributed by atoms with Gasteiger partial charge in [-0.05, 0) is 58.7 Å². The molecule has 2 aromatic rings. The summed E-state index contributed by atoms with van der Waals surface area (Å²) < 4.78 is 12.6. The number of aryl methyl sites for hydroxylation is 1. The zero-order valence-corrected chi connectivity index (χ0v) is 16.4. The molecule has 2 rings (SSSR count). The van der Waals surface area contributed by atoms with Crippen LogP contribution >= 0.6 is 0 Å². The fourth-order valence-corrected chi connectivity index (χ4v) is 3.23. The van der Waals surface area contributed by atoms with Crippen molar-refractivity contribution < 1.29 is 19.1 Å². The Labute approximate surface area is 154 Å². The minimum absolute atomic E-state index is 0.455. The van der Waals surface area contributed by atoms with Crippen molar-refractivity contribution in [2.75, 3.05) is 7.11 Å². The first kappa shape index (κ1) is 19.8. The average Bonchev–Trinajstić information content (AvgIpc) is 2.98. The van der Waals surface area contributed by atoms with Crippen LogP contribution in [0.2, 0.25) is 0 Å². The molecule has 5 nitrogen and oxygen atoms in total. The third kappa shape index (κ3) is 3.52. The maximum Gasteiger partial charge on any atom is 0.419 e. The third-order valence-electron chi connectivity index (χ3n) is 4.33. The second-order valence-corrected chi connectivity index (χ2v) is 7.73. The van der Waals surface area contributed by atoms with Crippen LogP contribution in [0.4, 0.5) is 4.79 Å². The van der Waals surface area contributed by atoms with Crippen molar-refractivity contribution in [2.24, 2.45) is 0 Å². The van der Waals surface area contributed by atoms with Gasteiger partial charge in [-0.15, -0.1) is 6.58 Å². The number of allylic oxidation sites excluding steroid dienone is 1. The van der Waals surface area contributed by atoms with Crippen molar-refractivity contribution in [3.8, 4) is 5.75 Å². The fraction of sp³-hybridized carbons (Fsp3) is 0.429. The molecular weight excluding hydrogens is 330 g/mol. The molecule has 0 amide bonds. The molecule has 0 saturated carbocycles. The summed E-state index contributed by atoms with van der Waals surface area (Å²) in [5.41, 5.74) is 0.921. The van der Waals surface area contributed by atoms with Crippen LogP contribution in [0.25, 0.3) is 10.9 Å². The SMILES string of the molecule is C=CCC(C)(C=O)c1c(OC)cc(C)c2c1ccn2C(=O)OC(C)(C)C. The molecule has 1 aromatic heterocycles. The summed E-state index contributed by atoms with van der Waals surface area (Å²) in [4.78, 5) is 24.6. The molecule has 0 N–H and O–H groups in total. The van der Waals surface area contributed by atoms with Crippen LogP contribution in [-0.2, 0) is 14.9 Å². The number of benzene rings is 1. The zero-order chi connectivity index (χ0) is 19.7. The first-order valence-corrected chi connectivity index (χ1v) is 8.57. The first-order valence-electron chi connectivity index (χ1n) is 8.57. The van der Waals surface area contributed by atoms with Gasteiger partial charge in [0.1, 0.15) is 17.6 Å². The van der Waals surface area contributed by atoms with Crippen molar-refractivity contribution in [2.45, 2.75) is 52.1 Å². The van der Waals surface area contributed by atoms with E-state index in [2.05, 4.69) is 6.58 Å². The minimum Gasteiger partial charge on any atom is -0.496 e. The van der Waals surface area contributed by atoms with Gasteiger partial charge in [-0.3, -0.25) is 4.57 Å². The van der Waals surface area contributed by atoms with Crippen LogP contribution in [0.5, 0.6) is 5.75 Å². The van der Waals surface area contributed by atoms with Crippen LogP contribution in [0, 0.1) is 6.92 Å². The van der Waals surface area contributed by atoms with Crippen molar-refractivity contribution in [3.63, 3.8) is 0 Å². The lowest BCUT2D eigenvalue weighted by Gasteiger charge is -2.26. The number of ether oxygens (including phenoxy) is 2. The van der Waals surface area contributed by atoms with Gasteiger partial charge < -0.3 is 14.3 Å². The molecule has 0 bridgehead atoms. The quantitative estimate of drug-likeness (QED) is 0.571. The molecule has 140 valence electrons. The summed E-state index contributed by atoms with van der Waals surface area (Å²) in [7, 11) is 1.58. The van der Waals surface area contributed by atoms with Crippen LogP contribution in [-0.4, -0.2) is 29.7 Å². The summed E-state index contributed by atoms with van der Waals surface area (Å²) in [5.74, 6) is 0.619. The molecule has 0 radical (unpaired) electrons. The number of aldehydes is 1. The first-order chi connectivity index (χ1) is 12.1. The highest BCUT2D eigenvalue weighted by molar-refractivity contribution is 5.97. The number of hydrogen-bond acceptors (Lipinski definition) is 4. The van der Waals surface area contributed by atoms with Gasteiger partial charge in [0.25, 0.3) is 0 Å². The zero-order valence-electron chi connectivity index (χ0n) is 16.4. The Kier molecular flexibility index (Phi) is 5.31. The molecule has 5 heteroatoms. The molecule has 0 aliphatic carbocycles. The van der Waals surface area contributed by atoms with E-state index >= 15 is 0 Å². The summed E-state index contributed by atoms with van der Waals surface area (Å²) in [6.07, 6.45) is 4.30. The van der Waals surface area contributed by atoms with Gasteiger partial charge in [-0.2, -0.15) is 0 Å². The molecule has 0 spiro atoms. The lowest BCUT2D eigenvalue weighted by Crippen LogP contribution is -2.27. The predicted octanol–water partition coefficient (Wildman–Crippen LogP) is 4.77. The van der Waals surface area contributed by atoms with Gasteiger partial charge in [0.2, 0.25) is 0 Å². The maximum atomic E-state index is 12.6. The minimum atomic E-state index is -0.806. The summed E-state index contributed by atoms with van der Waals surface area (Å²) in [6, 6.07) is 3.68. The largest absolute Gasteiger partial charge is 0.496 e. The monoisotopic (exact) mass is 357 g/mol. The van der Waals surface area contributed by atoms with Gasteiger partial charge in [0, 0.05) is 17.1 Å². The summed E-state index contributed by atoms with van der Waals surface area (Å²) in [6.45, 7) is 13.0. The summed E-state index contributed by atoms with van der Waals surface area (Å²) >= 11 is 0. The smallest absolute Gasteiger partial charge is 0.419 e. The van der Waals surface area contributed by atoms with Crippen LogP contribution in [0.1, 0.15) is 45.2 Å². The van der Waals surface area contributed by atoms with Gasteiger partial charge in [-0.1, -0.05) is 6.08 Å². The maximum absolute atomic E-state index is 12.6. The van der Waals surface area contributed by atoms with Crippen molar-refractivity contribution >= 4 is 23.3 Å². The Bertz CT molecular complexity index is 857. The number of fused-ring (bicyclic) bond motifs is 1. The van der Waals surface area contributed by atoms with E-state index in [1.54, 1.807) is 19.4 Å². The highest BCUT2D eigenvalue weighted by atomic mass is 16.6. The standard InChI is InChI=1S/C21H27NO4/c1-8-10-21(6,13-23)17-15-9-11-22(19(24)26-20(3,4)5)18(15)14(2)12-16(17)25-7/h8-9,11-13H,1,10H2,2-7H3. The molecule has 1 heterocycles. The second kappa shape index (κ2) is 6.98. The highest BCUT2D eigenvalue weighted by Crippen LogP contribution is 2.41. The molecular formula is C21H27NO4. The van der Waals surface area contributed by atoms with E-state index in [1.807, 2.05) is 46.8 Å². The lowest BCUT2D eigenvalue weighted by atomic mass is 9.78. The predicted molar refractivity (Wildman–Crippen MR) is 103 cm³/mol. The molecule has 1 aromatic carbocycles.